The van der Waals surface area contributed by atoms with Crippen LogP contribution in [0.15, 0.2) is 6.07 Å². The van der Waals surface area contributed by atoms with E-state index in [1.54, 1.807) is 0 Å². The maximum Gasteiger partial charge on any atom is 0.346 e. The van der Waals surface area contributed by atoms with Gasteiger partial charge in [-0.2, -0.15) is 4.98 Å². The first-order valence-corrected chi connectivity index (χ1v) is 19.7. The van der Waals surface area contributed by atoms with Crippen LogP contribution in [0.25, 0.3) is 11.2 Å². The lowest BCUT2D eigenvalue weighted by Crippen LogP contribution is -2.55. The van der Waals surface area contributed by atoms with Crippen molar-refractivity contribution in [1.29, 1.82) is 0 Å². The SMILES string of the molecule is CCc1nc2nc(OC3COC(CO[Si](O)(C(C)(C)C)C(C)(C)C)C3)n(COCC[Si](C)(C)C)c2cc1Cl. The van der Waals surface area contributed by atoms with Gasteiger partial charge in [0.15, 0.2) is 5.65 Å². The molecule has 3 heterocycles. The van der Waals surface area contributed by atoms with Crippen molar-refractivity contribution in [3.05, 3.63) is 16.8 Å². The lowest BCUT2D eigenvalue weighted by atomic mass is 10.2. The topological polar surface area (TPSA) is 87.9 Å². The smallest absolute Gasteiger partial charge is 0.346 e. The van der Waals surface area contributed by atoms with Crippen LogP contribution in [0.5, 0.6) is 6.01 Å². The highest BCUT2D eigenvalue weighted by Crippen LogP contribution is 2.49. The van der Waals surface area contributed by atoms with Gasteiger partial charge in [0.1, 0.15) is 12.8 Å². The highest BCUT2D eigenvalue weighted by atomic mass is 35.5. The van der Waals surface area contributed by atoms with Crippen molar-refractivity contribution in [2.75, 3.05) is 19.8 Å². The highest BCUT2D eigenvalue weighted by molar-refractivity contribution is 6.76. The molecule has 2 atom stereocenters. The number of halogens is 1. The van der Waals surface area contributed by atoms with Gasteiger partial charge < -0.3 is 23.4 Å². The van der Waals surface area contributed by atoms with Crippen molar-refractivity contribution < 1.29 is 23.4 Å². The van der Waals surface area contributed by atoms with Crippen molar-refractivity contribution in [3.8, 4) is 6.01 Å². The molecule has 0 aliphatic carbocycles. The van der Waals surface area contributed by atoms with Crippen LogP contribution in [0.4, 0.5) is 0 Å². The third kappa shape index (κ3) is 7.38. The number of rotatable bonds is 11. The number of hydrogen-bond donors (Lipinski definition) is 1. The average Bonchev–Trinajstić information content (AvgIpc) is 3.36. The Morgan fingerprint density at radius 2 is 1.79 bits per heavy atom. The maximum absolute atomic E-state index is 11.6. The normalized spacial score (nSPS) is 19.5. The molecule has 0 bridgehead atoms. The second kappa shape index (κ2) is 11.8. The minimum absolute atomic E-state index is 0.159. The highest BCUT2D eigenvalue weighted by Gasteiger charge is 2.55. The number of fused-ring (bicyclic) bond motifs is 1. The molecule has 1 N–H and O–H groups in total. The number of imidazole rings is 1. The van der Waals surface area contributed by atoms with Gasteiger partial charge in [-0.3, -0.25) is 4.57 Å². The van der Waals surface area contributed by atoms with Crippen LogP contribution in [0.3, 0.4) is 0 Å². The molecule has 216 valence electrons. The van der Waals surface area contributed by atoms with Gasteiger partial charge in [-0.15, -0.1) is 0 Å². The molecule has 1 saturated heterocycles. The van der Waals surface area contributed by atoms with E-state index in [1.165, 1.54) is 0 Å². The summed E-state index contributed by atoms with van der Waals surface area (Å²) in [7, 11) is -4.27. The van der Waals surface area contributed by atoms with Crippen LogP contribution < -0.4 is 4.74 Å². The molecule has 2 aromatic heterocycles. The van der Waals surface area contributed by atoms with Crippen molar-refractivity contribution in [3.63, 3.8) is 0 Å². The summed E-state index contributed by atoms with van der Waals surface area (Å²) in [5.41, 5.74) is 2.20. The third-order valence-corrected chi connectivity index (χ3v) is 13.8. The molecule has 0 amide bonds. The predicted molar refractivity (Wildman–Crippen MR) is 158 cm³/mol. The monoisotopic (exact) mass is 585 g/mol. The summed E-state index contributed by atoms with van der Waals surface area (Å²) in [5, 5.41) is -0.0391. The fourth-order valence-corrected chi connectivity index (χ4v) is 9.41. The van der Waals surface area contributed by atoms with E-state index in [0.717, 1.165) is 23.7 Å². The average molecular weight is 586 g/mol. The summed E-state index contributed by atoms with van der Waals surface area (Å²) < 4.78 is 26.7. The van der Waals surface area contributed by atoms with Crippen molar-refractivity contribution in [2.45, 2.75) is 116 Å². The second-order valence-corrected chi connectivity index (χ2v) is 24.3. The van der Waals surface area contributed by atoms with Gasteiger partial charge in [-0.05, 0) is 18.5 Å². The molecular formula is C27H48ClN3O5Si2. The Hall–Kier alpha value is -1.02. The van der Waals surface area contributed by atoms with Crippen LogP contribution in [-0.4, -0.2) is 68.0 Å². The Labute approximate surface area is 235 Å². The molecule has 1 aliphatic heterocycles. The summed E-state index contributed by atoms with van der Waals surface area (Å²) in [5.74, 6) is 0. The summed E-state index contributed by atoms with van der Waals surface area (Å²) in [6.45, 7) is 23.1. The standard InChI is InChI=1S/C27H48ClN3O5Si2/c1-11-22-21(28)15-23-24(29-22)30-25(31(23)18-33-12-13-37(8,9)10)36-20-14-19(34-16-20)17-35-38(32,26(2,3)4)27(5,6)7/h15,19-20,32H,11-14,16-18H2,1-10H3. The van der Waals surface area contributed by atoms with E-state index < -0.39 is 16.6 Å². The first kappa shape index (κ1) is 31.5. The van der Waals surface area contributed by atoms with Crippen LogP contribution in [0.2, 0.25) is 40.8 Å². The molecule has 3 rings (SSSR count). The van der Waals surface area contributed by atoms with Gasteiger partial charge in [0.05, 0.1) is 35.6 Å². The number of pyridine rings is 1. The minimum Gasteiger partial charge on any atom is -0.459 e. The first-order valence-electron chi connectivity index (χ1n) is 13.7. The number of hydrogen-bond acceptors (Lipinski definition) is 7. The molecule has 2 aromatic rings. The van der Waals surface area contributed by atoms with Crippen molar-refractivity contribution in [2.24, 2.45) is 0 Å². The second-order valence-electron chi connectivity index (χ2n) is 13.7. The summed E-state index contributed by atoms with van der Waals surface area (Å²) in [4.78, 5) is 20.9. The van der Waals surface area contributed by atoms with E-state index >= 15 is 0 Å². The quantitative estimate of drug-likeness (QED) is 0.236. The molecule has 0 radical (unpaired) electrons. The van der Waals surface area contributed by atoms with E-state index in [4.69, 9.17) is 35.2 Å². The first-order chi connectivity index (χ1) is 17.4. The molecule has 0 spiro atoms. The number of nitrogens with zero attached hydrogens (tertiary/aromatic N) is 3. The zero-order chi connectivity index (χ0) is 28.5. The molecular weight excluding hydrogens is 538 g/mol. The Morgan fingerprint density at radius 3 is 2.37 bits per heavy atom. The van der Waals surface area contributed by atoms with Crippen molar-refractivity contribution >= 4 is 39.4 Å². The molecule has 38 heavy (non-hydrogen) atoms. The van der Waals surface area contributed by atoms with E-state index in [9.17, 15) is 4.80 Å². The molecule has 1 fully saturated rings. The third-order valence-electron chi connectivity index (χ3n) is 7.11. The van der Waals surface area contributed by atoms with Gasteiger partial charge in [0, 0.05) is 31.2 Å². The number of aromatic nitrogens is 3. The zero-order valence-corrected chi connectivity index (χ0v) is 27.7. The predicted octanol–water partition coefficient (Wildman–Crippen LogP) is 6.55. The fraction of sp³-hybridized carbons (Fsp3) is 0.778. The van der Waals surface area contributed by atoms with Crippen LogP contribution in [0, 0.1) is 0 Å². The Morgan fingerprint density at radius 1 is 1.13 bits per heavy atom. The Bertz CT molecular complexity index is 1080. The van der Waals surface area contributed by atoms with Gasteiger partial charge in [0.25, 0.3) is 0 Å². The largest absolute Gasteiger partial charge is 0.459 e. The molecule has 2 unspecified atom stereocenters. The van der Waals surface area contributed by atoms with E-state index in [-0.39, 0.29) is 22.3 Å². The fourth-order valence-electron chi connectivity index (χ4n) is 4.83. The maximum atomic E-state index is 11.6. The van der Waals surface area contributed by atoms with Crippen LogP contribution in [-0.2, 0) is 27.1 Å². The zero-order valence-electron chi connectivity index (χ0n) is 25.0. The van der Waals surface area contributed by atoms with Gasteiger partial charge >= 0.3 is 14.6 Å². The van der Waals surface area contributed by atoms with Crippen LogP contribution in [0.1, 0.15) is 60.6 Å². The minimum atomic E-state index is -3.07. The van der Waals surface area contributed by atoms with Gasteiger partial charge in [-0.1, -0.05) is 79.7 Å². The molecule has 8 nitrogen and oxygen atoms in total. The summed E-state index contributed by atoms with van der Waals surface area (Å²) in [6, 6.07) is 3.43. The molecule has 0 aromatic carbocycles. The molecule has 0 saturated carbocycles. The Balaban J connectivity index is 1.73. The summed E-state index contributed by atoms with van der Waals surface area (Å²) in [6.07, 6.45) is 1.02. The summed E-state index contributed by atoms with van der Waals surface area (Å²) >= 11 is 6.50. The van der Waals surface area contributed by atoms with E-state index in [2.05, 4.69) is 24.6 Å². The van der Waals surface area contributed by atoms with Crippen LogP contribution >= 0.6 is 11.6 Å². The molecule has 11 heteroatoms. The number of ether oxygens (including phenoxy) is 3. The van der Waals surface area contributed by atoms with E-state index in [1.807, 2.05) is 59.1 Å². The molecule has 1 aliphatic rings. The number of aryl methyl sites for hydroxylation is 1. The lowest BCUT2D eigenvalue weighted by Gasteiger charge is -2.45. The van der Waals surface area contributed by atoms with Gasteiger partial charge in [0.2, 0.25) is 0 Å². The lowest BCUT2D eigenvalue weighted by molar-refractivity contribution is 0.0407. The van der Waals surface area contributed by atoms with Crippen molar-refractivity contribution in [1.82, 2.24) is 14.5 Å². The van der Waals surface area contributed by atoms with Gasteiger partial charge in [-0.25, -0.2) is 4.98 Å². The Kier molecular flexibility index (Phi) is 9.82. The van der Waals surface area contributed by atoms with E-state index in [0.29, 0.717) is 49.7 Å².